The van der Waals surface area contributed by atoms with Crippen molar-refractivity contribution in [2.24, 2.45) is 11.3 Å². The number of hydrogen-bond acceptors (Lipinski definition) is 5. The van der Waals surface area contributed by atoms with Gasteiger partial charge in [0.05, 0.1) is 6.61 Å². The lowest BCUT2D eigenvalue weighted by molar-refractivity contribution is 0.0195. The normalized spacial score (nSPS) is 24.0. The zero-order valence-electron chi connectivity index (χ0n) is 14.4. The third kappa shape index (κ3) is 2.95. The number of rotatable bonds is 4. The molecule has 2 aromatic rings. The molecule has 0 radical (unpaired) electrons. The predicted octanol–water partition coefficient (Wildman–Crippen LogP) is 0.741. The Morgan fingerprint density at radius 3 is 3.00 bits per heavy atom. The van der Waals surface area contributed by atoms with Crippen LogP contribution in [-0.2, 0) is 0 Å². The molecule has 3 heterocycles. The van der Waals surface area contributed by atoms with Crippen LogP contribution in [0.3, 0.4) is 0 Å². The number of aromatic nitrogens is 4. The Hall–Kier alpha value is -2.22. The number of likely N-dealkylation sites (tertiary alicyclic amines) is 1. The molecule has 1 aliphatic heterocycles. The summed E-state index contributed by atoms with van der Waals surface area (Å²) in [5, 5.41) is 12.8. The number of nitrogens with zero attached hydrogens (tertiary/aromatic N) is 4. The molecule has 2 aromatic heterocycles. The number of nitrogens with one attached hydrogen (secondary N) is 1. The number of aliphatic hydroxyl groups excluding tert-OH is 1. The minimum atomic E-state index is -0.432. The van der Waals surface area contributed by atoms with Crippen molar-refractivity contribution in [1.29, 1.82) is 0 Å². The van der Waals surface area contributed by atoms with Crippen LogP contribution >= 0.6 is 0 Å². The highest BCUT2D eigenvalue weighted by molar-refractivity contribution is 5.93. The lowest BCUT2D eigenvalue weighted by Gasteiger charge is -2.42. The zero-order chi connectivity index (χ0) is 17.6. The van der Waals surface area contributed by atoms with Gasteiger partial charge >= 0.3 is 0 Å². The van der Waals surface area contributed by atoms with E-state index in [1.807, 2.05) is 0 Å². The second kappa shape index (κ2) is 5.94. The van der Waals surface area contributed by atoms with Crippen LogP contribution in [0.1, 0.15) is 48.3 Å². The molecule has 0 bridgehead atoms. The molecule has 25 heavy (non-hydrogen) atoms. The third-order valence-corrected chi connectivity index (χ3v) is 5.42. The van der Waals surface area contributed by atoms with Gasteiger partial charge in [-0.2, -0.15) is 9.50 Å². The van der Waals surface area contributed by atoms with Crippen LogP contribution in [0.5, 0.6) is 0 Å². The Bertz CT molecular complexity index is 869. The Morgan fingerprint density at radius 1 is 1.48 bits per heavy atom. The Kier molecular flexibility index (Phi) is 3.87. The lowest BCUT2D eigenvalue weighted by Crippen LogP contribution is -2.49. The van der Waals surface area contributed by atoms with Gasteiger partial charge in [0.2, 0.25) is 0 Å². The van der Waals surface area contributed by atoms with Crippen LogP contribution in [0.15, 0.2) is 11.0 Å². The van der Waals surface area contributed by atoms with Crippen LogP contribution in [0.4, 0.5) is 0 Å². The number of amides is 1. The molecule has 8 nitrogen and oxygen atoms in total. The molecule has 0 spiro atoms. The van der Waals surface area contributed by atoms with Crippen LogP contribution in [0.2, 0.25) is 0 Å². The molecule has 2 fully saturated rings. The van der Waals surface area contributed by atoms with E-state index in [4.69, 9.17) is 0 Å². The molecule has 2 N–H and O–H groups in total. The molecule has 4 rings (SSSR count). The van der Waals surface area contributed by atoms with Crippen molar-refractivity contribution in [2.75, 3.05) is 19.7 Å². The molecule has 134 valence electrons. The van der Waals surface area contributed by atoms with Crippen molar-refractivity contribution in [3.8, 4) is 0 Å². The minimum absolute atomic E-state index is 0.0429. The van der Waals surface area contributed by atoms with Crippen molar-refractivity contribution in [1.82, 2.24) is 24.5 Å². The maximum Gasteiger partial charge on any atom is 0.286 e. The predicted molar refractivity (Wildman–Crippen MR) is 90.3 cm³/mol. The van der Waals surface area contributed by atoms with E-state index in [0.717, 1.165) is 19.3 Å². The van der Waals surface area contributed by atoms with Crippen molar-refractivity contribution in [2.45, 2.75) is 39.0 Å². The topological polar surface area (TPSA) is 104 Å². The number of H-pyrrole nitrogens is 1. The summed E-state index contributed by atoms with van der Waals surface area (Å²) in [5.41, 5.74) is -0.618. The van der Waals surface area contributed by atoms with Gasteiger partial charge in [0.25, 0.3) is 17.2 Å². The van der Waals surface area contributed by atoms with Gasteiger partial charge < -0.3 is 10.0 Å². The number of hydrogen-bond donors (Lipinski definition) is 2. The molecule has 1 amide bonds. The molecule has 0 unspecified atom stereocenters. The van der Waals surface area contributed by atoms with E-state index >= 15 is 0 Å². The molecule has 1 aliphatic carbocycles. The van der Waals surface area contributed by atoms with Gasteiger partial charge in [0.1, 0.15) is 11.4 Å². The maximum atomic E-state index is 12.9. The number of aromatic amines is 1. The fourth-order valence-electron chi connectivity index (χ4n) is 3.96. The summed E-state index contributed by atoms with van der Waals surface area (Å²) in [5.74, 6) is 1.19. The highest BCUT2D eigenvalue weighted by Crippen LogP contribution is 2.44. The van der Waals surface area contributed by atoms with Crippen LogP contribution < -0.4 is 5.56 Å². The first-order valence-electron chi connectivity index (χ1n) is 8.86. The second-order valence-electron chi connectivity index (χ2n) is 7.56. The monoisotopic (exact) mass is 345 g/mol. The first kappa shape index (κ1) is 16.3. The Morgan fingerprint density at radius 2 is 2.28 bits per heavy atom. The fourth-order valence-corrected chi connectivity index (χ4v) is 3.96. The number of aliphatic hydroxyl groups is 1. The number of piperidine rings is 1. The number of aryl methyl sites for hydroxylation is 1. The first-order valence-corrected chi connectivity index (χ1v) is 8.86. The lowest BCUT2D eigenvalue weighted by atomic mass is 9.76. The van der Waals surface area contributed by atoms with E-state index in [9.17, 15) is 14.7 Å². The average molecular weight is 345 g/mol. The summed E-state index contributed by atoms with van der Waals surface area (Å²) < 4.78 is 1.20. The van der Waals surface area contributed by atoms with Crippen molar-refractivity contribution in [3.05, 3.63) is 27.9 Å². The van der Waals surface area contributed by atoms with Crippen LogP contribution in [0, 0.1) is 18.3 Å². The summed E-state index contributed by atoms with van der Waals surface area (Å²) in [7, 11) is 0. The number of fused-ring (bicyclic) bond motifs is 1. The van der Waals surface area contributed by atoms with Gasteiger partial charge in [0, 0.05) is 24.7 Å². The SMILES string of the molecule is Cc1nc2ncc(C(=O)N3CCC[C@](CO)(CC4CC4)C3)c(=O)n2[nH]1. The fraction of sp³-hybridized carbons (Fsp3) is 0.647. The molecule has 8 heteroatoms. The first-order chi connectivity index (χ1) is 12.0. The molecule has 2 aliphatic rings. The van der Waals surface area contributed by atoms with Gasteiger partial charge in [-0.05, 0) is 32.1 Å². The van der Waals surface area contributed by atoms with Gasteiger partial charge in [-0.15, -0.1) is 0 Å². The van der Waals surface area contributed by atoms with Gasteiger partial charge in [-0.1, -0.05) is 12.8 Å². The molecule has 1 atom stereocenters. The van der Waals surface area contributed by atoms with Crippen molar-refractivity contribution >= 4 is 11.7 Å². The van der Waals surface area contributed by atoms with Crippen LogP contribution in [0.25, 0.3) is 5.78 Å². The van der Waals surface area contributed by atoms with E-state index < -0.39 is 5.56 Å². The molecule has 0 aromatic carbocycles. The smallest absolute Gasteiger partial charge is 0.286 e. The van der Waals surface area contributed by atoms with Crippen LogP contribution in [-0.4, -0.2) is 55.2 Å². The highest BCUT2D eigenvalue weighted by atomic mass is 16.3. The van der Waals surface area contributed by atoms with Gasteiger partial charge in [-0.3, -0.25) is 14.7 Å². The van der Waals surface area contributed by atoms with Crippen molar-refractivity contribution < 1.29 is 9.90 Å². The number of carbonyl (C=O) groups excluding carboxylic acids is 1. The van der Waals surface area contributed by atoms with E-state index in [2.05, 4.69) is 15.1 Å². The zero-order valence-corrected chi connectivity index (χ0v) is 14.4. The summed E-state index contributed by atoms with van der Waals surface area (Å²) in [6.45, 7) is 2.93. The molecule has 1 saturated carbocycles. The Balaban J connectivity index is 1.61. The van der Waals surface area contributed by atoms with E-state index in [0.29, 0.717) is 24.8 Å². The summed E-state index contributed by atoms with van der Waals surface area (Å²) in [6, 6.07) is 0. The second-order valence-corrected chi connectivity index (χ2v) is 7.56. The molecular weight excluding hydrogens is 322 g/mol. The molecular formula is C17H23N5O3. The highest BCUT2D eigenvalue weighted by Gasteiger charge is 2.41. The third-order valence-electron chi connectivity index (χ3n) is 5.42. The summed E-state index contributed by atoms with van der Waals surface area (Å²) >= 11 is 0. The average Bonchev–Trinajstić information content (AvgIpc) is 3.33. The summed E-state index contributed by atoms with van der Waals surface area (Å²) in [6.07, 6.45) is 6.49. The van der Waals surface area contributed by atoms with Gasteiger partial charge in [-0.25, -0.2) is 4.98 Å². The van der Waals surface area contributed by atoms with Crippen molar-refractivity contribution in [3.63, 3.8) is 0 Å². The minimum Gasteiger partial charge on any atom is -0.396 e. The quantitative estimate of drug-likeness (QED) is 0.851. The standard InChI is InChI=1S/C17H23N5O3/c1-11-19-16-18-8-13(15(25)22(16)20-11)14(24)21-6-2-5-17(9-21,10-23)7-12-3-4-12/h8,12,23H,2-7,9-10H2,1H3,(H,18,19,20)/t17-/m0/s1. The largest absolute Gasteiger partial charge is 0.396 e. The summed E-state index contributed by atoms with van der Waals surface area (Å²) in [4.78, 5) is 35.5. The van der Waals surface area contributed by atoms with E-state index in [1.54, 1.807) is 11.8 Å². The Labute approximate surface area is 144 Å². The number of carbonyl (C=O) groups is 1. The van der Waals surface area contributed by atoms with E-state index in [1.165, 1.54) is 23.6 Å². The van der Waals surface area contributed by atoms with E-state index in [-0.39, 0.29) is 29.3 Å². The maximum absolute atomic E-state index is 12.9. The molecule has 1 saturated heterocycles. The van der Waals surface area contributed by atoms with Gasteiger partial charge in [0.15, 0.2) is 0 Å².